The van der Waals surface area contributed by atoms with Crippen molar-refractivity contribution >= 4 is 17.0 Å². The Kier molecular flexibility index (Phi) is 5.93. The summed E-state index contributed by atoms with van der Waals surface area (Å²) in [4.78, 5) is 11.2. The average Bonchev–Trinajstić information content (AvgIpc) is 2.62. The fraction of sp³-hybridized carbons (Fsp3) is 0.278. The molecule has 0 aromatic heterocycles. The molecule has 2 atom stereocenters. The second kappa shape index (κ2) is 7.92. The highest BCUT2D eigenvalue weighted by Gasteiger charge is 2.43. The van der Waals surface area contributed by atoms with Gasteiger partial charge in [0, 0.05) is 16.9 Å². The Balaban J connectivity index is 2.56. The molecule has 0 saturated carbocycles. The van der Waals surface area contributed by atoms with Crippen molar-refractivity contribution in [1.29, 1.82) is 0 Å². The Labute approximate surface area is 138 Å². The van der Waals surface area contributed by atoms with Crippen molar-refractivity contribution in [2.24, 2.45) is 0 Å². The number of carbonyl (C=O) groups is 1. The Morgan fingerprint density at radius 2 is 1.61 bits per heavy atom. The molecule has 5 heteroatoms. The van der Waals surface area contributed by atoms with E-state index in [0.717, 1.165) is 0 Å². The van der Waals surface area contributed by atoms with Gasteiger partial charge in [-0.15, -0.1) is 0 Å². The van der Waals surface area contributed by atoms with E-state index in [-0.39, 0.29) is 0 Å². The number of ether oxygens (including phenoxy) is 2. The summed E-state index contributed by atoms with van der Waals surface area (Å²) in [5, 5.41) is 0. The van der Waals surface area contributed by atoms with Crippen molar-refractivity contribution in [3.63, 3.8) is 0 Å². The molecule has 0 heterocycles. The van der Waals surface area contributed by atoms with Crippen LogP contribution in [0.5, 0.6) is 0 Å². The monoisotopic (exact) mass is 332 g/mol. The van der Waals surface area contributed by atoms with Gasteiger partial charge < -0.3 is 9.47 Å². The lowest BCUT2D eigenvalue weighted by atomic mass is 10.0. The second-order valence-corrected chi connectivity index (χ2v) is 6.68. The molecular formula is C18H20O4S. The topological polar surface area (TPSA) is 52.6 Å². The quantitative estimate of drug-likeness (QED) is 0.743. The standard InChI is InChI=1S/C18H20O4S/c1-3-14-18(22-17(19)21-2,15-10-6-4-7-11-15)23(20)16-12-8-5-9-13-16/h4-13H,3,14H2,1-2H3. The zero-order valence-electron chi connectivity index (χ0n) is 13.2. The molecule has 122 valence electrons. The predicted molar refractivity (Wildman–Crippen MR) is 89.4 cm³/mol. The maximum atomic E-state index is 13.3. The molecule has 0 saturated heterocycles. The van der Waals surface area contributed by atoms with E-state index in [0.29, 0.717) is 23.3 Å². The number of methoxy groups -OCH3 is 1. The minimum absolute atomic E-state index is 0.424. The minimum Gasteiger partial charge on any atom is -0.438 e. The molecule has 2 aromatic rings. The second-order valence-electron chi connectivity index (χ2n) is 5.01. The van der Waals surface area contributed by atoms with Crippen molar-refractivity contribution in [2.75, 3.05) is 7.11 Å². The van der Waals surface area contributed by atoms with Crippen LogP contribution in [0.2, 0.25) is 0 Å². The number of hydrogen-bond acceptors (Lipinski definition) is 4. The van der Waals surface area contributed by atoms with Gasteiger partial charge in [-0.05, 0) is 12.1 Å². The van der Waals surface area contributed by atoms with Crippen LogP contribution in [0.15, 0.2) is 65.6 Å². The van der Waals surface area contributed by atoms with Crippen LogP contribution >= 0.6 is 0 Å². The normalized spacial score (nSPS) is 14.5. The smallest absolute Gasteiger partial charge is 0.438 e. The SMILES string of the molecule is CCCC(OC(=O)OC)(c1ccccc1)S(=O)c1ccccc1. The first-order valence-corrected chi connectivity index (χ1v) is 8.58. The molecular weight excluding hydrogens is 312 g/mol. The van der Waals surface area contributed by atoms with Gasteiger partial charge in [-0.1, -0.05) is 61.9 Å². The lowest BCUT2D eigenvalue weighted by Gasteiger charge is -2.32. The van der Waals surface area contributed by atoms with E-state index in [4.69, 9.17) is 4.74 Å². The van der Waals surface area contributed by atoms with Gasteiger partial charge in [0.05, 0.1) is 7.11 Å². The van der Waals surface area contributed by atoms with Gasteiger partial charge in [0.2, 0.25) is 4.93 Å². The van der Waals surface area contributed by atoms with Crippen LogP contribution in [0.4, 0.5) is 4.79 Å². The summed E-state index contributed by atoms with van der Waals surface area (Å²) in [5.74, 6) is 0. The van der Waals surface area contributed by atoms with Crippen LogP contribution in [0.1, 0.15) is 25.3 Å². The fourth-order valence-electron chi connectivity index (χ4n) is 2.42. The summed E-state index contributed by atoms with van der Waals surface area (Å²) in [7, 11) is -0.330. The largest absolute Gasteiger partial charge is 0.509 e. The van der Waals surface area contributed by atoms with Crippen LogP contribution < -0.4 is 0 Å². The summed E-state index contributed by atoms with van der Waals surface area (Å²) in [6.07, 6.45) is 0.282. The van der Waals surface area contributed by atoms with E-state index in [1.807, 2.05) is 55.5 Å². The van der Waals surface area contributed by atoms with Gasteiger partial charge in [0.25, 0.3) is 0 Å². The Morgan fingerprint density at radius 3 is 2.13 bits per heavy atom. The van der Waals surface area contributed by atoms with Crippen LogP contribution in [-0.4, -0.2) is 17.5 Å². The van der Waals surface area contributed by atoms with E-state index in [9.17, 15) is 9.00 Å². The molecule has 0 fully saturated rings. The first-order valence-electron chi connectivity index (χ1n) is 7.43. The molecule has 0 amide bonds. The third-order valence-corrected chi connectivity index (χ3v) is 5.29. The van der Waals surface area contributed by atoms with Gasteiger partial charge in [-0.25, -0.2) is 9.00 Å². The van der Waals surface area contributed by atoms with Gasteiger partial charge in [-0.3, -0.25) is 0 Å². The lowest BCUT2D eigenvalue weighted by molar-refractivity contribution is 0.0125. The Hall–Kier alpha value is -2.14. The van der Waals surface area contributed by atoms with E-state index in [1.165, 1.54) is 7.11 Å². The Bertz CT molecular complexity index is 657. The van der Waals surface area contributed by atoms with Gasteiger partial charge in [-0.2, -0.15) is 0 Å². The van der Waals surface area contributed by atoms with E-state index < -0.39 is 21.9 Å². The van der Waals surface area contributed by atoms with E-state index in [1.54, 1.807) is 12.1 Å². The van der Waals surface area contributed by atoms with Crippen LogP contribution in [0.3, 0.4) is 0 Å². The average molecular weight is 332 g/mol. The number of carbonyl (C=O) groups excluding carboxylic acids is 1. The molecule has 0 aliphatic heterocycles. The summed E-state index contributed by atoms with van der Waals surface area (Å²) in [5.41, 5.74) is 0.689. The summed E-state index contributed by atoms with van der Waals surface area (Å²) in [6, 6.07) is 18.2. The molecule has 0 aliphatic rings. The zero-order chi connectivity index (χ0) is 16.7. The van der Waals surface area contributed by atoms with Gasteiger partial charge in [0.1, 0.15) is 10.8 Å². The lowest BCUT2D eigenvalue weighted by Crippen LogP contribution is -2.37. The molecule has 0 aliphatic carbocycles. The van der Waals surface area contributed by atoms with Crippen molar-refractivity contribution in [2.45, 2.75) is 29.6 Å². The fourth-order valence-corrected chi connectivity index (χ4v) is 4.09. The Morgan fingerprint density at radius 1 is 1.04 bits per heavy atom. The molecule has 0 spiro atoms. The molecule has 2 unspecified atom stereocenters. The molecule has 2 rings (SSSR count). The molecule has 23 heavy (non-hydrogen) atoms. The van der Waals surface area contributed by atoms with Crippen molar-refractivity contribution in [3.05, 3.63) is 66.2 Å². The van der Waals surface area contributed by atoms with Crippen molar-refractivity contribution in [3.8, 4) is 0 Å². The third-order valence-electron chi connectivity index (χ3n) is 3.46. The highest BCUT2D eigenvalue weighted by Crippen LogP contribution is 2.38. The highest BCUT2D eigenvalue weighted by molar-refractivity contribution is 7.86. The number of benzene rings is 2. The summed E-state index contributed by atoms with van der Waals surface area (Å²) in [6.45, 7) is 1.96. The van der Waals surface area contributed by atoms with E-state index in [2.05, 4.69) is 4.74 Å². The highest BCUT2D eigenvalue weighted by atomic mass is 32.2. The van der Waals surface area contributed by atoms with Crippen LogP contribution in [-0.2, 0) is 25.2 Å². The first-order chi connectivity index (χ1) is 11.1. The molecule has 0 N–H and O–H groups in total. The van der Waals surface area contributed by atoms with Gasteiger partial charge in [0.15, 0.2) is 0 Å². The van der Waals surface area contributed by atoms with Gasteiger partial charge >= 0.3 is 6.16 Å². The summed E-state index contributed by atoms with van der Waals surface area (Å²) >= 11 is 0. The first kappa shape index (κ1) is 17.2. The van der Waals surface area contributed by atoms with Crippen LogP contribution in [0, 0.1) is 0 Å². The molecule has 2 aromatic carbocycles. The van der Waals surface area contributed by atoms with E-state index >= 15 is 0 Å². The van der Waals surface area contributed by atoms with Crippen LogP contribution in [0.25, 0.3) is 0 Å². The summed E-state index contributed by atoms with van der Waals surface area (Å²) < 4.78 is 23.5. The molecule has 4 nitrogen and oxygen atoms in total. The zero-order valence-corrected chi connectivity index (χ0v) is 14.0. The minimum atomic E-state index is -1.58. The molecule has 0 radical (unpaired) electrons. The van der Waals surface area contributed by atoms with Crippen molar-refractivity contribution < 1.29 is 18.5 Å². The number of rotatable bonds is 6. The number of hydrogen-bond donors (Lipinski definition) is 0. The maximum absolute atomic E-state index is 13.3. The van der Waals surface area contributed by atoms with Crippen molar-refractivity contribution in [1.82, 2.24) is 0 Å². The third kappa shape index (κ3) is 3.79. The maximum Gasteiger partial charge on any atom is 0.509 e. The predicted octanol–water partition coefficient (Wildman–Crippen LogP) is 4.23. The molecule has 0 bridgehead atoms.